The van der Waals surface area contributed by atoms with E-state index in [0.717, 1.165) is 17.4 Å². The lowest BCUT2D eigenvalue weighted by Gasteiger charge is -2.35. The molecule has 2 atom stereocenters. The molecule has 0 spiro atoms. The van der Waals surface area contributed by atoms with E-state index < -0.39 is 6.10 Å². The van der Waals surface area contributed by atoms with Gasteiger partial charge in [0.1, 0.15) is 6.10 Å². The van der Waals surface area contributed by atoms with E-state index in [0.29, 0.717) is 30.6 Å². The molecule has 1 aliphatic heterocycles. The van der Waals surface area contributed by atoms with Crippen LogP contribution in [0.4, 0.5) is 0 Å². The highest BCUT2D eigenvalue weighted by Crippen LogP contribution is 2.26. The number of morpholine rings is 1. The Morgan fingerprint density at radius 1 is 1.65 bits per heavy atom. The van der Waals surface area contributed by atoms with Crippen LogP contribution in [0.15, 0.2) is 17.1 Å². The number of aliphatic hydroxyl groups is 1. The molecule has 0 saturated carbocycles. The molecule has 1 aromatic rings. The first-order valence-corrected chi connectivity index (χ1v) is 8.33. The summed E-state index contributed by atoms with van der Waals surface area (Å²) < 4.78 is 11.4. The maximum atomic E-state index is 10.2. The Kier molecular flexibility index (Phi) is 9.71. The summed E-state index contributed by atoms with van der Waals surface area (Å²) in [6, 6.07) is 3.63. The summed E-state index contributed by atoms with van der Waals surface area (Å²) in [7, 11) is 3.40. The minimum Gasteiger partial charge on any atom is -0.386 e. The molecule has 1 saturated heterocycles. The Labute approximate surface area is 162 Å². The molecule has 1 aromatic heterocycles. The van der Waals surface area contributed by atoms with Gasteiger partial charge in [0.25, 0.3) is 0 Å². The SMILES string of the molecule is CN=C(NCC(O)c1ccc(Cl)s1)N1CCOC(COC)C1.I. The molecule has 132 valence electrons. The monoisotopic (exact) mass is 475 g/mol. The van der Waals surface area contributed by atoms with Crippen LogP contribution in [0, 0.1) is 0 Å². The van der Waals surface area contributed by atoms with E-state index in [1.165, 1.54) is 11.3 Å². The maximum Gasteiger partial charge on any atom is 0.193 e. The van der Waals surface area contributed by atoms with Crippen molar-refractivity contribution in [2.24, 2.45) is 4.99 Å². The highest BCUT2D eigenvalue weighted by atomic mass is 127. The van der Waals surface area contributed by atoms with Crippen LogP contribution in [0.1, 0.15) is 11.0 Å². The zero-order chi connectivity index (χ0) is 15.9. The summed E-state index contributed by atoms with van der Waals surface area (Å²) in [5.74, 6) is 0.756. The van der Waals surface area contributed by atoms with Crippen LogP contribution in [0.3, 0.4) is 0 Å². The number of hydrogen-bond acceptors (Lipinski definition) is 5. The minimum absolute atomic E-state index is 0. The van der Waals surface area contributed by atoms with Gasteiger partial charge in [-0.25, -0.2) is 0 Å². The van der Waals surface area contributed by atoms with Crippen LogP contribution in [0.25, 0.3) is 0 Å². The van der Waals surface area contributed by atoms with E-state index in [4.69, 9.17) is 21.1 Å². The number of guanidine groups is 1. The van der Waals surface area contributed by atoms with Crippen molar-refractivity contribution in [3.8, 4) is 0 Å². The molecule has 0 amide bonds. The standard InChI is InChI=1S/C14H22ClN3O3S.HI/c1-16-14(18-5-6-21-10(8-18)9-20-2)17-7-11(19)12-3-4-13(15)22-12;/h3-4,10-11,19H,5-9H2,1-2H3,(H,16,17);1H. The van der Waals surface area contributed by atoms with Gasteiger partial charge >= 0.3 is 0 Å². The largest absolute Gasteiger partial charge is 0.386 e. The van der Waals surface area contributed by atoms with Crippen molar-refractivity contribution in [3.05, 3.63) is 21.3 Å². The first kappa shape index (κ1) is 20.9. The molecule has 0 radical (unpaired) electrons. The zero-order valence-electron chi connectivity index (χ0n) is 13.2. The Balaban J connectivity index is 0.00000264. The topological polar surface area (TPSA) is 66.3 Å². The van der Waals surface area contributed by atoms with Gasteiger partial charge in [-0.3, -0.25) is 4.99 Å². The normalized spacial score (nSPS) is 20.1. The third-order valence-electron chi connectivity index (χ3n) is 3.38. The van der Waals surface area contributed by atoms with Gasteiger partial charge < -0.3 is 24.8 Å². The van der Waals surface area contributed by atoms with Crippen molar-refractivity contribution in [1.29, 1.82) is 0 Å². The summed E-state index contributed by atoms with van der Waals surface area (Å²) in [4.78, 5) is 7.23. The average molecular weight is 476 g/mol. The number of nitrogens with zero attached hydrogens (tertiary/aromatic N) is 2. The van der Waals surface area contributed by atoms with Crippen molar-refractivity contribution in [1.82, 2.24) is 10.2 Å². The lowest BCUT2D eigenvalue weighted by atomic mass is 10.3. The summed E-state index contributed by atoms with van der Waals surface area (Å²) in [6.45, 7) is 3.06. The van der Waals surface area contributed by atoms with Crippen molar-refractivity contribution in [2.75, 3.05) is 47.0 Å². The van der Waals surface area contributed by atoms with Crippen LogP contribution < -0.4 is 5.32 Å². The molecule has 2 heterocycles. The summed E-state index contributed by atoms with van der Waals surface area (Å²) in [5.41, 5.74) is 0. The van der Waals surface area contributed by atoms with Gasteiger partial charge in [-0.2, -0.15) is 0 Å². The molecular weight excluding hydrogens is 453 g/mol. The second-order valence-corrected chi connectivity index (χ2v) is 6.73. The molecule has 9 heteroatoms. The lowest BCUT2D eigenvalue weighted by Crippen LogP contribution is -2.52. The summed E-state index contributed by atoms with van der Waals surface area (Å²) >= 11 is 7.27. The Bertz CT molecular complexity index is 501. The number of ether oxygens (including phenoxy) is 2. The summed E-state index contributed by atoms with van der Waals surface area (Å²) in [5, 5.41) is 13.4. The number of rotatable bonds is 5. The summed E-state index contributed by atoms with van der Waals surface area (Å²) in [6.07, 6.45) is -0.566. The Morgan fingerprint density at radius 2 is 2.43 bits per heavy atom. The number of thiophene rings is 1. The fourth-order valence-corrected chi connectivity index (χ4v) is 3.37. The van der Waals surface area contributed by atoms with Gasteiger partial charge in [-0.05, 0) is 12.1 Å². The van der Waals surface area contributed by atoms with E-state index in [-0.39, 0.29) is 30.1 Å². The van der Waals surface area contributed by atoms with E-state index in [9.17, 15) is 5.11 Å². The minimum atomic E-state index is -0.606. The maximum absolute atomic E-state index is 10.2. The third kappa shape index (κ3) is 6.35. The number of halogens is 2. The molecule has 6 nitrogen and oxygen atoms in total. The fraction of sp³-hybridized carbons (Fsp3) is 0.643. The van der Waals surface area contributed by atoms with Crippen LogP contribution in [-0.4, -0.2) is 69.1 Å². The second kappa shape index (κ2) is 10.7. The van der Waals surface area contributed by atoms with E-state index in [1.807, 2.05) is 6.07 Å². The van der Waals surface area contributed by atoms with Crippen molar-refractivity contribution >= 4 is 52.9 Å². The highest BCUT2D eigenvalue weighted by Gasteiger charge is 2.23. The van der Waals surface area contributed by atoms with Gasteiger partial charge in [0.15, 0.2) is 5.96 Å². The molecule has 23 heavy (non-hydrogen) atoms. The van der Waals surface area contributed by atoms with Crippen LogP contribution in [-0.2, 0) is 9.47 Å². The van der Waals surface area contributed by atoms with Gasteiger partial charge in [0, 0.05) is 38.7 Å². The predicted molar refractivity (Wildman–Crippen MR) is 104 cm³/mol. The van der Waals surface area contributed by atoms with Crippen molar-refractivity contribution in [2.45, 2.75) is 12.2 Å². The van der Waals surface area contributed by atoms with Crippen LogP contribution in [0.2, 0.25) is 4.34 Å². The first-order valence-electron chi connectivity index (χ1n) is 7.13. The number of methoxy groups -OCH3 is 1. The molecule has 2 unspecified atom stereocenters. The van der Waals surface area contributed by atoms with Gasteiger partial charge in [0.2, 0.25) is 0 Å². The highest BCUT2D eigenvalue weighted by molar-refractivity contribution is 14.0. The molecule has 2 N–H and O–H groups in total. The van der Waals surface area contributed by atoms with Crippen molar-refractivity contribution in [3.63, 3.8) is 0 Å². The predicted octanol–water partition coefficient (Wildman–Crippen LogP) is 1.98. The quantitative estimate of drug-likeness (QED) is 0.387. The lowest BCUT2D eigenvalue weighted by molar-refractivity contribution is -0.0448. The van der Waals surface area contributed by atoms with Crippen LogP contribution >= 0.6 is 46.9 Å². The van der Waals surface area contributed by atoms with E-state index in [1.54, 1.807) is 20.2 Å². The zero-order valence-corrected chi connectivity index (χ0v) is 17.1. The molecule has 0 aromatic carbocycles. The fourth-order valence-electron chi connectivity index (χ4n) is 2.33. The first-order chi connectivity index (χ1) is 10.6. The number of aliphatic hydroxyl groups excluding tert-OH is 1. The molecule has 0 aliphatic carbocycles. The number of nitrogens with one attached hydrogen (secondary N) is 1. The molecular formula is C14H23ClIN3O3S. The Morgan fingerprint density at radius 3 is 3.04 bits per heavy atom. The smallest absolute Gasteiger partial charge is 0.193 e. The molecule has 2 rings (SSSR count). The Hall–Kier alpha value is -0.130. The van der Waals surface area contributed by atoms with Crippen molar-refractivity contribution < 1.29 is 14.6 Å². The number of hydrogen-bond donors (Lipinski definition) is 2. The molecule has 1 fully saturated rings. The molecule has 1 aliphatic rings. The van der Waals surface area contributed by atoms with Gasteiger partial charge in [-0.1, -0.05) is 11.6 Å². The third-order valence-corrected chi connectivity index (χ3v) is 4.71. The second-order valence-electron chi connectivity index (χ2n) is 4.98. The number of aliphatic imine (C=N–C) groups is 1. The van der Waals surface area contributed by atoms with Gasteiger partial charge in [0.05, 0.1) is 23.7 Å². The van der Waals surface area contributed by atoms with E-state index in [2.05, 4.69) is 15.2 Å². The van der Waals surface area contributed by atoms with E-state index >= 15 is 0 Å². The van der Waals surface area contributed by atoms with Crippen LogP contribution in [0.5, 0.6) is 0 Å². The molecule has 0 bridgehead atoms. The van der Waals surface area contributed by atoms with Gasteiger partial charge in [-0.15, -0.1) is 35.3 Å². The average Bonchev–Trinajstić information content (AvgIpc) is 2.95.